The smallest absolute Gasteiger partial charge is 0.309 e. The average Bonchev–Trinajstić information content (AvgIpc) is 3.12. The molecular weight excluding hydrogens is 375 g/mol. The molecule has 1 aliphatic heterocycles. The number of aliphatic imine (C=N–C) groups is 1. The van der Waals surface area contributed by atoms with Crippen LogP contribution in [0.2, 0.25) is 0 Å². The highest BCUT2D eigenvalue weighted by atomic mass is 19.1. The number of rotatable bonds is 9. The molecule has 6 nitrogen and oxygen atoms in total. The molecule has 0 bridgehead atoms. The van der Waals surface area contributed by atoms with Crippen molar-refractivity contribution in [2.45, 2.75) is 39.7 Å². The second-order valence-corrected chi connectivity index (χ2v) is 7.61. The zero-order valence-electron chi connectivity index (χ0n) is 17.2. The number of Topliss-reactive ketones (excluding diaryl/α,β-unsaturated/α-hetero) is 1. The molecule has 156 valence electrons. The van der Waals surface area contributed by atoms with Crippen molar-refractivity contribution in [3.63, 3.8) is 0 Å². The van der Waals surface area contributed by atoms with Crippen LogP contribution in [0.4, 0.5) is 4.39 Å². The Kier molecular flexibility index (Phi) is 7.82. The van der Waals surface area contributed by atoms with Crippen molar-refractivity contribution in [2.75, 3.05) is 13.7 Å². The molecule has 0 radical (unpaired) electrons. The van der Waals surface area contributed by atoms with Crippen molar-refractivity contribution in [3.05, 3.63) is 47.3 Å². The predicted octanol–water partition coefficient (Wildman–Crippen LogP) is 2.66. The van der Waals surface area contributed by atoms with Crippen LogP contribution in [-0.2, 0) is 25.5 Å². The van der Waals surface area contributed by atoms with Crippen LogP contribution in [-0.4, -0.2) is 43.1 Å². The molecule has 1 aliphatic rings. The third kappa shape index (κ3) is 6.34. The van der Waals surface area contributed by atoms with Crippen LogP contribution >= 0.6 is 0 Å². The van der Waals surface area contributed by atoms with Gasteiger partial charge in [-0.25, -0.2) is 4.39 Å². The van der Waals surface area contributed by atoms with E-state index in [-0.39, 0.29) is 30.4 Å². The number of ketones is 1. The maximum Gasteiger partial charge on any atom is 0.309 e. The molecule has 2 rings (SSSR count). The summed E-state index contributed by atoms with van der Waals surface area (Å²) in [6.45, 7) is 6.01. The lowest BCUT2D eigenvalue weighted by atomic mass is 9.89. The average molecular weight is 402 g/mol. The van der Waals surface area contributed by atoms with Gasteiger partial charge < -0.3 is 10.1 Å². The van der Waals surface area contributed by atoms with Gasteiger partial charge in [0.2, 0.25) is 0 Å². The fourth-order valence-electron chi connectivity index (χ4n) is 3.19. The zero-order valence-corrected chi connectivity index (χ0v) is 17.2. The molecule has 0 aliphatic carbocycles. The maximum absolute atomic E-state index is 13.1. The van der Waals surface area contributed by atoms with Gasteiger partial charge in [-0.3, -0.25) is 19.4 Å². The number of ether oxygens (including phenoxy) is 1. The van der Waals surface area contributed by atoms with Gasteiger partial charge in [0.05, 0.1) is 25.6 Å². The van der Waals surface area contributed by atoms with Crippen molar-refractivity contribution >= 4 is 23.4 Å². The molecule has 1 amide bonds. The standard InChI is InChI=1S/C22H27FN2O4/c1-13(2)20(25-21(27)18-9-14(3)12-24-18)19(26)11-16(22(28)29-4)10-15-5-7-17(23)8-6-15/h5-9,13,16,20H,10-12H2,1-4H3,(H,25,27)/t16-,20+/m1/s1. The number of halogens is 1. The summed E-state index contributed by atoms with van der Waals surface area (Å²) in [6, 6.07) is 5.01. The van der Waals surface area contributed by atoms with Crippen molar-refractivity contribution < 1.29 is 23.5 Å². The van der Waals surface area contributed by atoms with Gasteiger partial charge in [-0.05, 0) is 48.6 Å². The topological polar surface area (TPSA) is 84.8 Å². The van der Waals surface area contributed by atoms with E-state index in [0.717, 1.165) is 11.1 Å². The van der Waals surface area contributed by atoms with Gasteiger partial charge in [-0.1, -0.05) is 26.0 Å². The number of methoxy groups -OCH3 is 1. The Labute approximate surface area is 170 Å². The lowest BCUT2D eigenvalue weighted by Gasteiger charge is -2.23. The van der Waals surface area contributed by atoms with Gasteiger partial charge in [0, 0.05) is 6.42 Å². The number of carbonyl (C=O) groups excluding carboxylic acids is 3. The van der Waals surface area contributed by atoms with Crippen LogP contribution in [0, 0.1) is 17.7 Å². The van der Waals surface area contributed by atoms with E-state index < -0.39 is 23.8 Å². The normalized spacial score (nSPS) is 15.4. The van der Waals surface area contributed by atoms with E-state index in [0.29, 0.717) is 12.3 Å². The predicted molar refractivity (Wildman–Crippen MR) is 108 cm³/mol. The first-order valence-electron chi connectivity index (χ1n) is 9.58. The molecule has 2 atom stereocenters. The molecule has 0 spiro atoms. The van der Waals surface area contributed by atoms with Crippen LogP contribution < -0.4 is 5.32 Å². The molecule has 1 N–H and O–H groups in total. The van der Waals surface area contributed by atoms with Crippen LogP contribution in [0.3, 0.4) is 0 Å². The second kappa shape index (κ2) is 10.1. The summed E-state index contributed by atoms with van der Waals surface area (Å²) in [5, 5.41) is 2.75. The minimum absolute atomic E-state index is 0.0888. The van der Waals surface area contributed by atoms with Gasteiger partial charge in [-0.2, -0.15) is 0 Å². The van der Waals surface area contributed by atoms with Crippen LogP contribution in [0.5, 0.6) is 0 Å². The molecule has 0 saturated heterocycles. The largest absolute Gasteiger partial charge is 0.469 e. The highest BCUT2D eigenvalue weighted by Crippen LogP contribution is 2.18. The third-order valence-corrected chi connectivity index (χ3v) is 4.79. The van der Waals surface area contributed by atoms with E-state index in [9.17, 15) is 18.8 Å². The van der Waals surface area contributed by atoms with E-state index in [2.05, 4.69) is 10.3 Å². The fraction of sp³-hybridized carbons (Fsp3) is 0.455. The molecule has 1 aromatic rings. The summed E-state index contributed by atoms with van der Waals surface area (Å²) in [6.07, 6.45) is 1.85. The highest BCUT2D eigenvalue weighted by Gasteiger charge is 2.31. The SMILES string of the molecule is COC(=O)[C@@H](CC(=O)[C@@H](NC(=O)C1=NCC(C)=C1)C(C)C)Cc1ccc(F)cc1. The number of esters is 1. The summed E-state index contributed by atoms with van der Waals surface area (Å²) in [5.74, 6) is -2.44. The Hall–Kier alpha value is -2.83. The molecule has 0 saturated carbocycles. The Morgan fingerprint density at radius 3 is 2.38 bits per heavy atom. The van der Waals surface area contributed by atoms with Gasteiger partial charge in [0.25, 0.3) is 5.91 Å². The Bertz CT molecular complexity index is 828. The minimum atomic E-state index is -0.750. The summed E-state index contributed by atoms with van der Waals surface area (Å²) >= 11 is 0. The van der Waals surface area contributed by atoms with Crippen LogP contribution in [0.1, 0.15) is 32.8 Å². The molecule has 0 fully saturated rings. The Morgan fingerprint density at radius 2 is 1.86 bits per heavy atom. The van der Waals surface area contributed by atoms with Gasteiger partial charge in [0.15, 0.2) is 5.78 Å². The number of benzene rings is 1. The van der Waals surface area contributed by atoms with E-state index >= 15 is 0 Å². The summed E-state index contributed by atoms with van der Waals surface area (Å²) in [7, 11) is 1.26. The first-order valence-corrected chi connectivity index (χ1v) is 9.58. The first-order chi connectivity index (χ1) is 13.7. The summed E-state index contributed by atoms with van der Waals surface area (Å²) < 4.78 is 18.0. The number of hydrogen-bond donors (Lipinski definition) is 1. The molecular formula is C22H27FN2O4. The van der Waals surface area contributed by atoms with Crippen molar-refractivity contribution in [3.8, 4) is 0 Å². The third-order valence-electron chi connectivity index (χ3n) is 4.79. The minimum Gasteiger partial charge on any atom is -0.469 e. The second-order valence-electron chi connectivity index (χ2n) is 7.61. The summed E-state index contributed by atoms with van der Waals surface area (Å²) in [5.41, 5.74) is 2.00. The quantitative estimate of drug-likeness (QED) is 0.644. The molecule has 29 heavy (non-hydrogen) atoms. The Morgan fingerprint density at radius 1 is 1.21 bits per heavy atom. The zero-order chi connectivity index (χ0) is 21.6. The molecule has 7 heteroatoms. The van der Waals surface area contributed by atoms with Crippen molar-refractivity contribution in [1.82, 2.24) is 5.32 Å². The maximum atomic E-state index is 13.1. The van der Waals surface area contributed by atoms with Crippen molar-refractivity contribution in [2.24, 2.45) is 16.8 Å². The van der Waals surface area contributed by atoms with Crippen molar-refractivity contribution in [1.29, 1.82) is 0 Å². The number of amides is 1. The molecule has 0 aromatic heterocycles. The first kappa shape index (κ1) is 22.5. The van der Waals surface area contributed by atoms with Crippen LogP contribution in [0.15, 0.2) is 40.9 Å². The molecule has 1 heterocycles. The van der Waals surface area contributed by atoms with E-state index in [1.165, 1.54) is 19.2 Å². The van der Waals surface area contributed by atoms with Gasteiger partial charge in [0.1, 0.15) is 11.5 Å². The highest BCUT2D eigenvalue weighted by molar-refractivity contribution is 6.44. The number of nitrogens with one attached hydrogen (secondary N) is 1. The lowest BCUT2D eigenvalue weighted by Crippen LogP contribution is -2.47. The number of nitrogens with zero attached hydrogens (tertiary/aromatic N) is 1. The fourth-order valence-corrected chi connectivity index (χ4v) is 3.19. The molecule has 1 aromatic carbocycles. The van der Waals surface area contributed by atoms with Gasteiger partial charge >= 0.3 is 5.97 Å². The monoisotopic (exact) mass is 402 g/mol. The lowest BCUT2D eigenvalue weighted by molar-refractivity contribution is -0.147. The summed E-state index contributed by atoms with van der Waals surface area (Å²) in [4.78, 5) is 41.7. The van der Waals surface area contributed by atoms with Crippen LogP contribution in [0.25, 0.3) is 0 Å². The van der Waals surface area contributed by atoms with E-state index in [4.69, 9.17) is 4.74 Å². The van der Waals surface area contributed by atoms with Gasteiger partial charge in [-0.15, -0.1) is 0 Å². The number of hydrogen-bond acceptors (Lipinski definition) is 5. The molecule has 0 unspecified atom stereocenters. The van der Waals surface area contributed by atoms with E-state index in [1.54, 1.807) is 18.2 Å². The number of carbonyl (C=O) groups is 3. The Balaban J connectivity index is 2.10. The van der Waals surface area contributed by atoms with E-state index in [1.807, 2.05) is 20.8 Å².